The van der Waals surface area contributed by atoms with E-state index in [4.69, 9.17) is 16.7 Å². The quantitative estimate of drug-likeness (QED) is 0.911. The number of hydrogen-bond acceptors (Lipinski definition) is 3. The molecule has 2 N–H and O–H groups in total. The highest BCUT2D eigenvalue weighted by molar-refractivity contribution is 7.18. The Kier molecular flexibility index (Phi) is 3.82. The van der Waals surface area contributed by atoms with Gasteiger partial charge in [-0.05, 0) is 30.3 Å². The molecule has 2 rings (SSSR count). The third-order valence-corrected chi connectivity index (χ3v) is 3.53. The van der Waals surface area contributed by atoms with Crippen molar-refractivity contribution in [1.82, 2.24) is 0 Å². The number of rotatable bonds is 3. The van der Waals surface area contributed by atoms with Gasteiger partial charge < -0.3 is 10.4 Å². The predicted octanol–water partition coefficient (Wildman–Crippen LogP) is 3.49. The van der Waals surface area contributed by atoms with Crippen molar-refractivity contribution < 1.29 is 19.1 Å². The molecule has 1 aromatic carbocycles. The van der Waals surface area contributed by atoms with E-state index in [2.05, 4.69) is 5.32 Å². The molecular weight excluding hydrogens is 293 g/mol. The molecule has 0 aliphatic heterocycles. The zero-order valence-corrected chi connectivity index (χ0v) is 10.9. The molecule has 0 saturated carbocycles. The molecule has 1 heterocycles. The molecule has 4 nitrogen and oxygen atoms in total. The molecule has 0 saturated heterocycles. The van der Waals surface area contributed by atoms with Crippen molar-refractivity contribution in [1.29, 1.82) is 0 Å². The number of amides is 1. The van der Waals surface area contributed by atoms with E-state index >= 15 is 0 Å². The molecule has 1 aromatic heterocycles. The molecule has 19 heavy (non-hydrogen) atoms. The predicted molar refractivity (Wildman–Crippen MR) is 70.6 cm³/mol. The molecule has 0 fully saturated rings. The average molecular weight is 300 g/mol. The minimum atomic E-state index is -1.06. The Morgan fingerprint density at radius 3 is 2.58 bits per heavy atom. The molecule has 0 aliphatic carbocycles. The van der Waals surface area contributed by atoms with Crippen LogP contribution >= 0.6 is 22.9 Å². The monoisotopic (exact) mass is 299 g/mol. The van der Waals surface area contributed by atoms with Crippen molar-refractivity contribution in [3.63, 3.8) is 0 Å². The van der Waals surface area contributed by atoms with Gasteiger partial charge >= 0.3 is 5.97 Å². The van der Waals surface area contributed by atoms with Crippen LogP contribution in [-0.2, 0) is 0 Å². The minimum absolute atomic E-state index is 0.00693. The van der Waals surface area contributed by atoms with Gasteiger partial charge in [-0.2, -0.15) is 0 Å². The third-order valence-electron chi connectivity index (χ3n) is 2.23. The molecular formula is C12H7ClFNO3S. The van der Waals surface area contributed by atoms with E-state index in [9.17, 15) is 14.0 Å². The summed E-state index contributed by atoms with van der Waals surface area (Å²) in [5, 5.41) is 11.6. The lowest BCUT2D eigenvalue weighted by molar-refractivity contribution is 0.0702. The van der Waals surface area contributed by atoms with Crippen LogP contribution in [0.5, 0.6) is 0 Å². The van der Waals surface area contributed by atoms with Crippen LogP contribution in [0.2, 0.25) is 5.02 Å². The fourth-order valence-electron chi connectivity index (χ4n) is 1.37. The number of benzene rings is 1. The molecule has 0 radical (unpaired) electrons. The molecule has 7 heteroatoms. The Labute approximate surface area is 116 Å². The van der Waals surface area contributed by atoms with Gasteiger partial charge in [0.15, 0.2) is 0 Å². The number of hydrogen-bond donors (Lipinski definition) is 2. The lowest BCUT2D eigenvalue weighted by Gasteiger charge is -2.04. The van der Waals surface area contributed by atoms with E-state index in [1.807, 2.05) is 0 Å². The van der Waals surface area contributed by atoms with Crippen molar-refractivity contribution in [2.75, 3.05) is 5.32 Å². The second-order valence-corrected chi connectivity index (χ2v) is 5.04. The summed E-state index contributed by atoms with van der Waals surface area (Å²) in [6.07, 6.45) is 0. The van der Waals surface area contributed by atoms with E-state index in [1.54, 1.807) is 0 Å². The number of nitrogens with one attached hydrogen (secondary N) is 1. The Morgan fingerprint density at radius 1 is 1.26 bits per heavy atom. The van der Waals surface area contributed by atoms with Crippen molar-refractivity contribution in [3.8, 4) is 0 Å². The Morgan fingerprint density at radius 2 is 2.00 bits per heavy atom. The van der Waals surface area contributed by atoms with Crippen LogP contribution in [0.3, 0.4) is 0 Å². The summed E-state index contributed by atoms with van der Waals surface area (Å²) in [7, 11) is 0. The summed E-state index contributed by atoms with van der Waals surface area (Å²) in [6.45, 7) is 0. The summed E-state index contributed by atoms with van der Waals surface area (Å²) >= 11 is 6.68. The zero-order valence-electron chi connectivity index (χ0n) is 9.31. The molecule has 0 bridgehead atoms. The van der Waals surface area contributed by atoms with Crippen LogP contribution in [0.15, 0.2) is 30.3 Å². The van der Waals surface area contributed by atoms with E-state index in [-0.39, 0.29) is 15.5 Å². The third kappa shape index (κ3) is 3.10. The van der Waals surface area contributed by atoms with Crippen LogP contribution in [0.1, 0.15) is 20.0 Å². The summed E-state index contributed by atoms with van der Waals surface area (Å²) in [6, 6.07) is 6.28. The number of carbonyl (C=O) groups is 2. The van der Waals surface area contributed by atoms with Crippen molar-refractivity contribution in [2.24, 2.45) is 0 Å². The van der Waals surface area contributed by atoms with Crippen LogP contribution in [0, 0.1) is 5.82 Å². The molecule has 2 aromatic rings. The normalized spacial score (nSPS) is 10.2. The first-order valence-corrected chi connectivity index (χ1v) is 6.26. The van der Waals surface area contributed by atoms with Gasteiger partial charge in [0, 0.05) is 0 Å². The van der Waals surface area contributed by atoms with Crippen molar-refractivity contribution in [2.45, 2.75) is 0 Å². The maximum Gasteiger partial charge on any atom is 0.345 e. The van der Waals surface area contributed by atoms with Gasteiger partial charge in [0.05, 0.1) is 15.6 Å². The zero-order chi connectivity index (χ0) is 14.0. The van der Waals surface area contributed by atoms with Crippen LogP contribution in [0.25, 0.3) is 0 Å². The standard InChI is InChI=1S/C12H7ClFNO3S/c13-8-5-6(14)1-2-7(8)11(16)15-10-4-3-9(19-10)12(17)18/h1-5H,(H,15,16)(H,17,18). The maximum atomic E-state index is 12.9. The lowest BCUT2D eigenvalue weighted by atomic mass is 10.2. The summed E-state index contributed by atoms with van der Waals surface area (Å²) in [5.74, 6) is -2.13. The topological polar surface area (TPSA) is 66.4 Å². The SMILES string of the molecule is O=C(O)c1ccc(NC(=O)c2ccc(F)cc2Cl)s1. The van der Waals surface area contributed by atoms with Crippen molar-refractivity contribution in [3.05, 3.63) is 51.6 Å². The van der Waals surface area contributed by atoms with E-state index in [0.717, 1.165) is 23.5 Å². The first-order valence-electron chi connectivity index (χ1n) is 5.07. The van der Waals surface area contributed by atoms with E-state index in [1.165, 1.54) is 18.2 Å². The first-order chi connectivity index (χ1) is 8.97. The second-order valence-electron chi connectivity index (χ2n) is 3.55. The van der Waals surface area contributed by atoms with E-state index < -0.39 is 17.7 Å². The number of carboxylic acids is 1. The molecule has 0 atom stereocenters. The van der Waals surface area contributed by atoms with Crippen LogP contribution in [-0.4, -0.2) is 17.0 Å². The van der Waals surface area contributed by atoms with Gasteiger partial charge in [-0.3, -0.25) is 4.79 Å². The van der Waals surface area contributed by atoms with Crippen LogP contribution < -0.4 is 5.32 Å². The highest BCUT2D eigenvalue weighted by atomic mass is 35.5. The van der Waals surface area contributed by atoms with Crippen molar-refractivity contribution >= 4 is 39.8 Å². The number of thiophene rings is 1. The largest absolute Gasteiger partial charge is 0.477 e. The highest BCUT2D eigenvalue weighted by Gasteiger charge is 2.13. The number of anilines is 1. The molecule has 1 amide bonds. The van der Waals surface area contributed by atoms with Gasteiger partial charge in [0.25, 0.3) is 5.91 Å². The summed E-state index contributed by atoms with van der Waals surface area (Å²) in [4.78, 5) is 22.7. The van der Waals surface area contributed by atoms with Gasteiger partial charge in [-0.1, -0.05) is 11.6 Å². The van der Waals surface area contributed by atoms with Gasteiger partial charge in [0.1, 0.15) is 10.7 Å². The Hall–Kier alpha value is -1.92. The highest BCUT2D eigenvalue weighted by Crippen LogP contribution is 2.24. The van der Waals surface area contributed by atoms with Gasteiger partial charge in [-0.25, -0.2) is 9.18 Å². The smallest absolute Gasteiger partial charge is 0.345 e. The minimum Gasteiger partial charge on any atom is -0.477 e. The summed E-state index contributed by atoms with van der Waals surface area (Å²) in [5.41, 5.74) is 0.119. The second kappa shape index (κ2) is 5.38. The number of aromatic carboxylic acids is 1. The lowest BCUT2D eigenvalue weighted by Crippen LogP contribution is -2.11. The maximum absolute atomic E-state index is 12.9. The summed E-state index contributed by atoms with van der Waals surface area (Å²) < 4.78 is 12.9. The molecule has 0 unspecified atom stereocenters. The number of halogens is 2. The van der Waals surface area contributed by atoms with Gasteiger partial charge in [0.2, 0.25) is 0 Å². The Balaban J connectivity index is 2.18. The van der Waals surface area contributed by atoms with Gasteiger partial charge in [-0.15, -0.1) is 11.3 Å². The molecule has 0 spiro atoms. The van der Waals surface area contributed by atoms with E-state index in [0.29, 0.717) is 5.00 Å². The van der Waals surface area contributed by atoms with Crippen LogP contribution in [0.4, 0.5) is 9.39 Å². The number of carbonyl (C=O) groups excluding carboxylic acids is 1. The fourth-order valence-corrected chi connectivity index (χ4v) is 2.37. The first kappa shape index (κ1) is 13.5. The molecule has 0 aliphatic rings. The number of carboxylic acid groups (broad SMARTS) is 1. The average Bonchev–Trinajstić information content (AvgIpc) is 2.77. The Bertz CT molecular complexity index is 656. The molecule has 98 valence electrons. The fraction of sp³-hybridized carbons (Fsp3) is 0.